The number of ether oxygens (including phenoxy) is 1. The second kappa shape index (κ2) is 8.40. The van der Waals surface area contributed by atoms with Crippen LogP contribution in [0, 0.1) is 0 Å². The molecule has 2 aliphatic rings. The first-order valence-corrected chi connectivity index (χ1v) is 11.6. The summed E-state index contributed by atoms with van der Waals surface area (Å²) in [6.45, 7) is -0.0785. The molecule has 0 unspecified atom stereocenters. The lowest BCUT2D eigenvalue weighted by atomic mass is 9.98. The predicted molar refractivity (Wildman–Crippen MR) is 136 cm³/mol. The second-order valence-corrected chi connectivity index (χ2v) is 8.72. The van der Waals surface area contributed by atoms with Gasteiger partial charge in [0.25, 0.3) is 11.8 Å². The number of methoxy groups -OCH3 is 1. The third-order valence-corrected chi connectivity index (χ3v) is 6.72. The van der Waals surface area contributed by atoms with Crippen molar-refractivity contribution in [2.45, 2.75) is 12.5 Å². The Balaban J connectivity index is 1.34. The van der Waals surface area contributed by atoms with Crippen molar-refractivity contribution in [1.82, 2.24) is 5.01 Å². The zero-order chi connectivity index (χ0) is 23.9. The number of nitrogens with zero attached hydrogens (tertiary/aromatic N) is 3. The van der Waals surface area contributed by atoms with Crippen LogP contribution in [0.3, 0.4) is 0 Å². The summed E-state index contributed by atoms with van der Waals surface area (Å²) in [4.78, 5) is 28.5. The molecule has 2 amide bonds. The van der Waals surface area contributed by atoms with Gasteiger partial charge in [0.05, 0.1) is 24.6 Å². The average Bonchev–Trinajstić information content (AvgIpc) is 3.47. The van der Waals surface area contributed by atoms with E-state index in [2.05, 4.69) is 0 Å². The smallest absolute Gasteiger partial charge is 0.263 e. The van der Waals surface area contributed by atoms with Crippen molar-refractivity contribution in [3.8, 4) is 5.75 Å². The van der Waals surface area contributed by atoms with Crippen LogP contribution in [0.4, 0.5) is 5.69 Å². The first-order valence-electron chi connectivity index (χ1n) is 11.6. The van der Waals surface area contributed by atoms with E-state index in [0.717, 1.165) is 39.0 Å². The number of hydrazone groups is 1. The van der Waals surface area contributed by atoms with Gasteiger partial charge in [0.1, 0.15) is 12.3 Å². The fourth-order valence-corrected chi connectivity index (χ4v) is 4.97. The average molecular weight is 462 g/mol. The Kier molecular flexibility index (Phi) is 5.07. The Bertz CT molecular complexity index is 1470. The van der Waals surface area contributed by atoms with Crippen molar-refractivity contribution >= 4 is 34.0 Å². The van der Waals surface area contributed by atoms with Gasteiger partial charge in [-0.05, 0) is 40.8 Å². The summed E-state index contributed by atoms with van der Waals surface area (Å²) >= 11 is 0. The predicted octanol–water partition coefficient (Wildman–Crippen LogP) is 5.19. The number of hydrogen-bond donors (Lipinski definition) is 0. The number of carbonyl (C=O) groups excluding carboxylic acids is 2. The van der Waals surface area contributed by atoms with E-state index in [1.807, 2.05) is 91.0 Å². The summed E-state index contributed by atoms with van der Waals surface area (Å²) in [5.41, 5.74) is 4.19. The maximum atomic E-state index is 13.7. The lowest BCUT2D eigenvalue weighted by Crippen LogP contribution is -2.39. The number of benzene rings is 4. The topological polar surface area (TPSA) is 62.2 Å². The molecule has 0 aliphatic carbocycles. The van der Waals surface area contributed by atoms with Gasteiger partial charge in [-0.15, -0.1) is 0 Å². The minimum absolute atomic E-state index is 0.0785. The Morgan fingerprint density at radius 2 is 1.69 bits per heavy atom. The van der Waals surface area contributed by atoms with Gasteiger partial charge in [0.2, 0.25) is 0 Å². The van der Waals surface area contributed by atoms with Crippen LogP contribution >= 0.6 is 0 Å². The SMILES string of the molecule is COc1ccc([C@@H]2CC(c3ccccc3)=NN2C(=O)CN2C(=O)c3cccc4cccc2c34)cc1. The molecular formula is C29H23N3O3. The van der Waals surface area contributed by atoms with Crippen molar-refractivity contribution in [2.75, 3.05) is 18.6 Å². The van der Waals surface area contributed by atoms with Crippen LogP contribution in [0.25, 0.3) is 10.8 Å². The standard InChI is InChI=1S/C29H23N3O3/c1-35-22-15-13-20(14-16-22)26-17-24(19-7-3-2-4-8-19)30-32(26)27(33)18-31-25-12-6-10-21-9-5-11-23(28(21)25)29(31)34/h2-16,26H,17-18H2,1H3/t26-/m0/s1. The Hall–Kier alpha value is -4.45. The molecule has 0 saturated carbocycles. The van der Waals surface area contributed by atoms with Gasteiger partial charge in [-0.2, -0.15) is 5.10 Å². The molecule has 0 aromatic heterocycles. The van der Waals surface area contributed by atoms with Gasteiger partial charge in [-0.1, -0.05) is 66.7 Å². The molecule has 6 rings (SSSR count). The quantitative estimate of drug-likeness (QED) is 0.411. The maximum absolute atomic E-state index is 13.7. The molecule has 4 aromatic carbocycles. The van der Waals surface area contributed by atoms with Gasteiger partial charge in [0, 0.05) is 17.4 Å². The summed E-state index contributed by atoms with van der Waals surface area (Å²) in [5, 5.41) is 8.19. The highest BCUT2D eigenvalue weighted by molar-refractivity contribution is 6.26. The molecule has 6 heteroatoms. The van der Waals surface area contributed by atoms with Crippen molar-refractivity contribution < 1.29 is 14.3 Å². The summed E-state index contributed by atoms with van der Waals surface area (Å²) in [6, 6.07) is 28.8. The highest BCUT2D eigenvalue weighted by Gasteiger charge is 2.37. The van der Waals surface area contributed by atoms with E-state index < -0.39 is 0 Å². The first-order chi connectivity index (χ1) is 17.1. The summed E-state index contributed by atoms with van der Waals surface area (Å²) in [5.74, 6) is 0.370. The Morgan fingerprint density at radius 3 is 2.43 bits per heavy atom. The van der Waals surface area contributed by atoms with Gasteiger partial charge < -0.3 is 4.74 Å². The summed E-state index contributed by atoms with van der Waals surface area (Å²) in [7, 11) is 1.63. The largest absolute Gasteiger partial charge is 0.497 e. The van der Waals surface area contributed by atoms with Crippen molar-refractivity contribution in [2.24, 2.45) is 5.10 Å². The van der Waals surface area contributed by atoms with Gasteiger partial charge >= 0.3 is 0 Å². The van der Waals surface area contributed by atoms with E-state index in [1.165, 1.54) is 0 Å². The van der Waals surface area contributed by atoms with Crippen LogP contribution in [0.5, 0.6) is 5.75 Å². The highest BCUT2D eigenvalue weighted by atomic mass is 16.5. The molecule has 0 fully saturated rings. The Labute approximate surface area is 203 Å². The van der Waals surface area contributed by atoms with E-state index in [9.17, 15) is 9.59 Å². The van der Waals surface area contributed by atoms with Crippen LogP contribution in [-0.2, 0) is 4.79 Å². The normalized spacial score (nSPS) is 16.7. The number of anilines is 1. The molecule has 0 bridgehead atoms. The highest BCUT2D eigenvalue weighted by Crippen LogP contribution is 2.38. The number of carbonyl (C=O) groups is 2. The number of rotatable bonds is 5. The molecule has 4 aromatic rings. The van der Waals surface area contributed by atoms with Crippen LogP contribution < -0.4 is 9.64 Å². The van der Waals surface area contributed by atoms with Crippen molar-refractivity contribution in [1.29, 1.82) is 0 Å². The molecule has 172 valence electrons. The van der Waals surface area contributed by atoms with Crippen molar-refractivity contribution in [3.05, 3.63) is 108 Å². The first kappa shape index (κ1) is 21.1. The molecule has 0 N–H and O–H groups in total. The minimum atomic E-state index is -0.264. The summed E-state index contributed by atoms with van der Waals surface area (Å²) in [6.07, 6.45) is 0.589. The van der Waals surface area contributed by atoms with E-state index in [0.29, 0.717) is 12.0 Å². The van der Waals surface area contributed by atoms with Crippen LogP contribution in [0.1, 0.15) is 33.9 Å². The number of amides is 2. The van der Waals surface area contributed by atoms with Crippen molar-refractivity contribution in [3.63, 3.8) is 0 Å². The fourth-order valence-electron chi connectivity index (χ4n) is 4.97. The van der Waals surface area contributed by atoms with Crippen LogP contribution in [-0.4, -0.2) is 36.2 Å². The molecule has 0 saturated heterocycles. The molecule has 0 spiro atoms. The van der Waals surface area contributed by atoms with E-state index in [1.54, 1.807) is 17.0 Å². The van der Waals surface area contributed by atoms with E-state index >= 15 is 0 Å². The van der Waals surface area contributed by atoms with Gasteiger partial charge in [-0.3, -0.25) is 14.5 Å². The van der Waals surface area contributed by atoms with E-state index in [-0.39, 0.29) is 24.4 Å². The minimum Gasteiger partial charge on any atom is -0.497 e. The molecule has 0 radical (unpaired) electrons. The lowest BCUT2D eigenvalue weighted by molar-refractivity contribution is -0.131. The monoisotopic (exact) mass is 461 g/mol. The maximum Gasteiger partial charge on any atom is 0.263 e. The number of hydrogen-bond acceptors (Lipinski definition) is 4. The molecular weight excluding hydrogens is 438 g/mol. The lowest BCUT2D eigenvalue weighted by Gasteiger charge is -2.25. The Morgan fingerprint density at radius 1 is 0.943 bits per heavy atom. The molecule has 6 nitrogen and oxygen atoms in total. The fraction of sp³-hybridized carbons (Fsp3) is 0.138. The van der Waals surface area contributed by atoms with Crippen LogP contribution in [0.2, 0.25) is 0 Å². The third-order valence-electron chi connectivity index (χ3n) is 6.72. The van der Waals surface area contributed by atoms with Gasteiger partial charge in [-0.25, -0.2) is 5.01 Å². The zero-order valence-electron chi connectivity index (χ0n) is 19.2. The second-order valence-electron chi connectivity index (χ2n) is 8.72. The molecule has 2 aliphatic heterocycles. The molecule has 35 heavy (non-hydrogen) atoms. The van der Waals surface area contributed by atoms with Crippen LogP contribution in [0.15, 0.2) is 96.1 Å². The van der Waals surface area contributed by atoms with E-state index in [4.69, 9.17) is 9.84 Å². The third kappa shape index (κ3) is 3.54. The molecule has 2 heterocycles. The zero-order valence-corrected chi connectivity index (χ0v) is 19.2. The molecule has 1 atom stereocenters. The van der Waals surface area contributed by atoms with Gasteiger partial charge in [0.15, 0.2) is 0 Å². The summed E-state index contributed by atoms with van der Waals surface area (Å²) < 4.78 is 5.30.